The fraction of sp³-hybridized carbons (Fsp3) is 0.316. The number of carbonyl (C=O) groups excluding carboxylic acids is 3. The molecule has 12 heteroatoms. The molecule has 50 heavy (non-hydrogen) atoms. The van der Waals surface area contributed by atoms with Crippen LogP contribution in [0.15, 0.2) is 59.0 Å². The SMILES string of the molecule is COc1ccc(-c2oc3c(c2CC(=O)N[C@H](c2nc4ccccc4[nH]2)C(C)C)C(=O)[C@@]2(Oc4c(Cl)c(OC)cc(OC)c4C2=O)[C@H](C)C3)cc1. The second-order valence-electron chi connectivity index (χ2n) is 12.9. The summed E-state index contributed by atoms with van der Waals surface area (Å²) >= 11 is 6.65. The van der Waals surface area contributed by atoms with Crippen LogP contribution in [0, 0.1) is 11.8 Å². The highest BCUT2D eigenvalue weighted by molar-refractivity contribution is 6.36. The molecule has 2 N–H and O–H groups in total. The number of aromatic amines is 1. The highest BCUT2D eigenvalue weighted by Gasteiger charge is 2.63. The molecule has 258 valence electrons. The molecule has 2 aromatic heterocycles. The van der Waals surface area contributed by atoms with Crippen LogP contribution in [0.25, 0.3) is 22.4 Å². The van der Waals surface area contributed by atoms with Crippen LogP contribution in [0.5, 0.6) is 23.0 Å². The van der Waals surface area contributed by atoms with Crippen molar-refractivity contribution < 1.29 is 37.7 Å². The van der Waals surface area contributed by atoms with E-state index in [1.165, 1.54) is 20.3 Å². The zero-order chi connectivity index (χ0) is 35.5. The van der Waals surface area contributed by atoms with Gasteiger partial charge in [-0.05, 0) is 42.3 Å². The average molecular weight is 698 g/mol. The lowest BCUT2D eigenvalue weighted by Gasteiger charge is -2.35. The Labute approximate surface area is 293 Å². The quantitative estimate of drug-likeness (QED) is 0.157. The molecule has 3 atom stereocenters. The number of ether oxygens (including phenoxy) is 4. The Bertz CT molecular complexity index is 2140. The molecule has 1 amide bonds. The number of benzene rings is 3. The average Bonchev–Trinajstić information content (AvgIpc) is 3.79. The lowest BCUT2D eigenvalue weighted by molar-refractivity contribution is -0.121. The monoisotopic (exact) mass is 697 g/mol. The third-order valence-corrected chi connectivity index (χ3v) is 9.98. The number of nitrogens with zero attached hydrogens (tertiary/aromatic N) is 1. The number of H-pyrrole nitrogens is 1. The normalized spacial score (nSPS) is 18.6. The molecule has 0 saturated carbocycles. The van der Waals surface area contributed by atoms with Crippen molar-refractivity contribution >= 4 is 40.1 Å². The summed E-state index contributed by atoms with van der Waals surface area (Å²) in [6.07, 6.45) is -0.0465. The number of hydrogen-bond donors (Lipinski definition) is 2. The molecule has 1 aliphatic heterocycles. The van der Waals surface area contributed by atoms with Crippen molar-refractivity contribution in [3.8, 4) is 34.3 Å². The Morgan fingerprint density at radius 3 is 2.38 bits per heavy atom. The van der Waals surface area contributed by atoms with Crippen LogP contribution in [-0.2, 0) is 17.6 Å². The number of halogens is 1. The van der Waals surface area contributed by atoms with Crippen molar-refractivity contribution in [2.45, 2.75) is 45.3 Å². The van der Waals surface area contributed by atoms with Gasteiger partial charge in [-0.2, -0.15) is 0 Å². The van der Waals surface area contributed by atoms with Gasteiger partial charge in [0.25, 0.3) is 0 Å². The maximum absolute atomic E-state index is 14.9. The van der Waals surface area contributed by atoms with E-state index in [-0.39, 0.29) is 58.1 Å². The van der Waals surface area contributed by atoms with E-state index in [4.69, 9.17) is 39.9 Å². The highest BCUT2D eigenvalue weighted by Crippen LogP contribution is 2.54. The van der Waals surface area contributed by atoms with Crippen LogP contribution < -0.4 is 24.3 Å². The minimum absolute atomic E-state index is 0.0142. The molecule has 0 fully saturated rings. The van der Waals surface area contributed by atoms with Crippen LogP contribution in [0.2, 0.25) is 5.02 Å². The van der Waals surface area contributed by atoms with Crippen LogP contribution in [-0.4, -0.2) is 54.4 Å². The Kier molecular flexibility index (Phi) is 8.34. The summed E-state index contributed by atoms with van der Waals surface area (Å²) < 4.78 is 29.1. The number of rotatable bonds is 9. The van der Waals surface area contributed by atoms with Crippen LogP contribution in [0.3, 0.4) is 0 Å². The first-order valence-corrected chi connectivity index (χ1v) is 16.7. The van der Waals surface area contributed by atoms with Gasteiger partial charge in [-0.15, -0.1) is 0 Å². The summed E-state index contributed by atoms with van der Waals surface area (Å²) in [5, 5.41) is 3.18. The Morgan fingerprint density at radius 1 is 1.02 bits per heavy atom. The predicted molar refractivity (Wildman–Crippen MR) is 186 cm³/mol. The van der Waals surface area contributed by atoms with Gasteiger partial charge in [0.1, 0.15) is 45.2 Å². The van der Waals surface area contributed by atoms with Crippen molar-refractivity contribution in [1.82, 2.24) is 15.3 Å². The van der Waals surface area contributed by atoms with Crippen molar-refractivity contribution in [2.75, 3.05) is 21.3 Å². The van der Waals surface area contributed by atoms with Gasteiger partial charge in [-0.3, -0.25) is 14.4 Å². The number of carbonyl (C=O) groups is 3. The minimum atomic E-state index is -1.97. The van der Waals surface area contributed by atoms with E-state index in [2.05, 4.69) is 10.3 Å². The zero-order valence-corrected chi connectivity index (χ0v) is 29.2. The molecule has 1 aliphatic carbocycles. The van der Waals surface area contributed by atoms with Crippen molar-refractivity contribution in [3.05, 3.63) is 87.9 Å². The fourth-order valence-corrected chi connectivity index (χ4v) is 7.30. The first-order valence-electron chi connectivity index (χ1n) is 16.3. The third-order valence-electron chi connectivity index (χ3n) is 9.62. The number of amides is 1. The zero-order valence-electron chi connectivity index (χ0n) is 28.4. The van der Waals surface area contributed by atoms with Gasteiger partial charge in [-0.25, -0.2) is 4.98 Å². The van der Waals surface area contributed by atoms with Gasteiger partial charge in [-0.1, -0.05) is 44.5 Å². The number of aromatic nitrogens is 2. The predicted octanol–water partition coefficient (Wildman–Crippen LogP) is 6.95. The van der Waals surface area contributed by atoms with Gasteiger partial charge in [0.05, 0.1) is 50.4 Å². The van der Waals surface area contributed by atoms with E-state index in [0.29, 0.717) is 34.2 Å². The summed E-state index contributed by atoms with van der Waals surface area (Å²) in [5.74, 6) is 0.124. The maximum Gasteiger partial charge on any atom is 0.237 e. The summed E-state index contributed by atoms with van der Waals surface area (Å²) in [5.41, 5.74) is 0.840. The topological polar surface area (TPSA) is 142 Å². The summed E-state index contributed by atoms with van der Waals surface area (Å²) in [4.78, 5) is 51.4. The molecule has 11 nitrogen and oxygen atoms in total. The summed E-state index contributed by atoms with van der Waals surface area (Å²) in [6.45, 7) is 5.74. The second-order valence-corrected chi connectivity index (χ2v) is 13.3. The molecule has 0 bridgehead atoms. The first-order chi connectivity index (χ1) is 24.0. The van der Waals surface area contributed by atoms with Crippen LogP contribution >= 0.6 is 11.6 Å². The molecule has 3 heterocycles. The van der Waals surface area contributed by atoms with E-state index >= 15 is 0 Å². The Morgan fingerprint density at radius 2 is 1.72 bits per heavy atom. The number of fused-ring (bicyclic) bond motifs is 3. The number of hydrogen-bond acceptors (Lipinski definition) is 9. The molecule has 0 radical (unpaired) electrons. The molecule has 0 unspecified atom stereocenters. The van der Waals surface area contributed by atoms with Gasteiger partial charge in [0, 0.05) is 29.5 Å². The van der Waals surface area contributed by atoms with E-state index in [9.17, 15) is 14.4 Å². The minimum Gasteiger partial charge on any atom is -0.497 e. The fourth-order valence-electron chi connectivity index (χ4n) is 7.03. The maximum atomic E-state index is 14.9. The number of nitrogens with one attached hydrogen (secondary N) is 2. The van der Waals surface area contributed by atoms with Gasteiger partial charge in [0.2, 0.25) is 23.1 Å². The van der Waals surface area contributed by atoms with Gasteiger partial charge >= 0.3 is 0 Å². The number of para-hydroxylation sites is 2. The smallest absolute Gasteiger partial charge is 0.237 e. The molecule has 2 aliphatic rings. The summed E-state index contributed by atoms with van der Waals surface area (Å²) in [7, 11) is 4.41. The van der Waals surface area contributed by atoms with Crippen LogP contribution in [0.1, 0.15) is 64.7 Å². The first kappa shape index (κ1) is 33.2. The van der Waals surface area contributed by atoms with E-state index < -0.39 is 29.1 Å². The molecular formula is C38H36ClN3O8. The van der Waals surface area contributed by atoms with Crippen molar-refractivity contribution in [3.63, 3.8) is 0 Å². The lowest BCUT2D eigenvalue weighted by atomic mass is 9.70. The Hall–Kier alpha value is -5.29. The van der Waals surface area contributed by atoms with E-state index in [1.807, 2.05) is 38.1 Å². The molecule has 5 aromatic rings. The molecular weight excluding hydrogens is 662 g/mol. The van der Waals surface area contributed by atoms with Crippen molar-refractivity contribution in [1.29, 1.82) is 0 Å². The largest absolute Gasteiger partial charge is 0.497 e. The number of furan rings is 1. The second kappa shape index (κ2) is 12.5. The van der Waals surface area contributed by atoms with Gasteiger partial charge < -0.3 is 33.7 Å². The van der Waals surface area contributed by atoms with E-state index in [0.717, 1.165) is 11.0 Å². The van der Waals surface area contributed by atoms with Gasteiger partial charge in [0.15, 0.2) is 5.75 Å². The Balaban J connectivity index is 1.31. The molecule has 7 rings (SSSR count). The number of ketones is 2. The standard InChI is InChI=1S/C38H36ClN3O8/c1-18(2)32(37-40-23-9-7-8-10-24(23)41-37)42-28(43)16-22-29-26(49-33(22)20-11-13-21(46-4)14-12-20)15-19(3)38(35(29)44)36(45)30-25(47-5)17-27(48-6)31(39)34(30)50-38/h7-14,17-19,32H,15-16H2,1-6H3,(H,40,41)(H,42,43)/t19-,32+,38+/m1/s1. The van der Waals surface area contributed by atoms with E-state index in [1.54, 1.807) is 38.3 Å². The molecule has 0 saturated heterocycles. The van der Waals surface area contributed by atoms with Crippen LogP contribution in [0.4, 0.5) is 0 Å². The molecule has 3 aromatic carbocycles. The number of methoxy groups -OCH3 is 3. The van der Waals surface area contributed by atoms with Crippen molar-refractivity contribution in [2.24, 2.45) is 11.8 Å². The third kappa shape index (κ3) is 5.10. The highest BCUT2D eigenvalue weighted by atomic mass is 35.5. The summed E-state index contributed by atoms with van der Waals surface area (Å²) in [6, 6.07) is 15.8. The lowest BCUT2D eigenvalue weighted by Crippen LogP contribution is -2.56. The number of imidazole rings is 1. The molecule has 1 spiro atoms. The number of Topliss-reactive ketones (excluding diaryl/α,β-unsaturated/α-hetero) is 2.